The second-order valence-electron chi connectivity index (χ2n) is 7.46. The van der Waals surface area contributed by atoms with Crippen molar-refractivity contribution in [3.8, 4) is 0 Å². The molecule has 0 spiro atoms. The monoisotopic (exact) mass is 431 g/mol. The van der Waals surface area contributed by atoms with Crippen LogP contribution in [0.4, 0.5) is 10.5 Å². The second-order valence-corrected chi connectivity index (χ2v) is 7.99. The number of hydrogen-bond donors (Lipinski definition) is 2. The number of fused-ring (bicyclic) bond motifs is 2. The average Bonchev–Trinajstić information content (AvgIpc) is 3.33. The van der Waals surface area contributed by atoms with Crippen LogP contribution in [-0.4, -0.2) is 38.0 Å². The molecule has 1 unspecified atom stereocenters. The lowest BCUT2D eigenvalue weighted by Crippen LogP contribution is -2.42. The van der Waals surface area contributed by atoms with Crippen LogP contribution in [0.5, 0.6) is 0 Å². The summed E-state index contributed by atoms with van der Waals surface area (Å²) in [6, 6.07) is 17.9. The Hall–Kier alpha value is -3.85. The summed E-state index contributed by atoms with van der Waals surface area (Å²) in [5.41, 5.74) is 1.14. The Kier molecular flexibility index (Phi) is 4.40. The maximum Gasteiger partial charge on any atom is 0.325 e. The lowest BCUT2D eigenvalue weighted by Gasteiger charge is -2.24. The minimum atomic E-state index is -1.27. The van der Waals surface area contributed by atoms with Gasteiger partial charge in [0.1, 0.15) is 23.1 Å². The molecular formula is C22H17N5O3S. The molecule has 1 saturated heterocycles. The van der Waals surface area contributed by atoms with Gasteiger partial charge >= 0.3 is 6.03 Å². The van der Waals surface area contributed by atoms with E-state index in [1.54, 1.807) is 25.1 Å². The number of nitrogens with one attached hydrogen (secondary N) is 2. The van der Waals surface area contributed by atoms with E-state index in [9.17, 15) is 14.4 Å². The van der Waals surface area contributed by atoms with Crippen molar-refractivity contribution in [1.29, 1.82) is 0 Å². The molecule has 5 rings (SSSR count). The third-order valence-corrected chi connectivity index (χ3v) is 6.01. The largest absolute Gasteiger partial charge is 0.325 e. The molecule has 1 atom stereocenters. The number of anilines is 1. The molecule has 9 heteroatoms. The normalized spacial score (nSPS) is 18.5. The molecule has 154 valence electrons. The molecule has 0 saturated carbocycles. The van der Waals surface area contributed by atoms with Crippen LogP contribution in [0.25, 0.3) is 21.8 Å². The van der Waals surface area contributed by atoms with E-state index in [1.807, 2.05) is 42.5 Å². The molecule has 1 aromatic heterocycles. The molecule has 2 heterocycles. The smallest absolute Gasteiger partial charge is 0.323 e. The van der Waals surface area contributed by atoms with Gasteiger partial charge in [-0.15, -0.1) is 0 Å². The van der Waals surface area contributed by atoms with Gasteiger partial charge in [0.2, 0.25) is 5.91 Å². The van der Waals surface area contributed by atoms with E-state index < -0.39 is 29.9 Å². The summed E-state index contributed by atoms with van der Waals surface area (Å²) in [4.78, 5) is 39.5. The number of carbonyl (C=O) groups is 3. The van der Waals surface area contributed by atoms with Crippen LogP contribution in [0, 0.1) is 0 Å². The zero-order valence-electron chi connectivity index (χ0n) is 16.5. The van der Waals surface area contributed by atoms with Crippen molar-refractivity contribution >= 4 is 57.1 Å². The van der Waals surface area contributed by atoms with E-state index in [-0.39, 0.29) is 0 Å². The fourth-order valence-corrected chi connectivity index (χ4v) is 4.47. The quantitative estimate of drug-likeness (QED) is 0.483. The Morgan fingerprint density at radius 1 is 1.06 bits per heavy atom. The van der Waals surface area contributed by atoms with E-state index >= 15 is 0 Å². The van der Waals surface area contributed by atoms with Crippen molar-refractivity contribution in [1.82, 2.24) is 19.0 Å². The van der Waals surface area contributed by atoms with Gasteiger partial charge in [-0.2, -0.15) is 8.75 Å². The number of carbonyl (C=O) groups excluding carboxylic acids is 3. The molecule has 31 heavy (non-hydrogen) atoms. The van der Waals surface area contributed by atoms with Gasteiger partial charge in [-0.25, -0.2) is 4.79 Å². The van der Waals surface area contributed by atoms with Gasteiger partial charge in [-0.3, -0.25) is 14.5 Å². The number of benzene rings is 3. The summed E-state index contributed by atoms with van der Waals surface area (Å²) in [5, 5.41) is 7.33. The first-order valence-corrected chi connectivity index (χ1v) is 10.3. The summed E-state index contributed by atoms with van der Waals surface area (Å²) in [6.07, 6.45) is 0. The van der Waals surface area contributed by atoms with Crippen molar-refractivity contribution in [3.63, 3.8) is 0 Å². The topological polar surface area (TPSA) is 104 Å². The van der Waals surface area contributed by atoms with Crippen LogP contribution in [-0.2, 0) is 15.1 Å². The molecule has 4 amide bonds. The minimum absolute atomic E-state index is 0.404. The Morgan fingerprint density at radius 2 is 1.84 bits per heavy atom. The van der Waals surface area contributed by atoms with E-state index in [0.717, 1.165) is 27.4 Å². The van der Waals surface area contributed by atoms with Crippen molar-refractivity contribution in [3.05, 3.63) is 66.2 Å². The number of imide groups is 1. The molecule has 1 aliphatic rings. The molecule has 1 fully saturated rings. The first kappa shape index (κ1) is 19.1. The number of hydrogen-bond acceptors (Lipinski definition) is 6. The summed E-state index contributed by atoms with van der Waals surface area (Å²) in [7, 11) is 0. The maximum absolute atomic E-state index is 13.3. The van der Waals surface area contributed by atoms with Crippen molar-refractivity contribution in [2.45, 2.75) is 12.5 Å². The van der Waals surface area contributed by atoms with Crippen molar-refractivity contribution in [2.75, 3.05) is 11.9 Å². The Labute approximate surface area is 181 Å². The molecule has 2 N–H and O–H groups in total. The van der Waals surface area contributed by atoms with E-state index in [0.29, 0.717) is 22.3 Å². The number of rotatable bonds is 4. The zero-order valence-corrected chi connectivity index (χ0v) is 17.3. The predicted octanol–water partition coefficient (Wildman–Crippen LogP) is 3.25. The molecule has 0 aliphatic carbocycles. The number of aromatic nitrogens is 2. The van der Waals surface area contributed by atoms with Crippen LogP contribution in [0.2, 0.25) is 0 Å². The third-order valence-electron chi connectivity index (χ3n) is 5.47. The molecule has 0 radical (unpaired) electrons. The number of nitrogens with zero attached hydrogens (tertiary/aromatic N) is 3. The second kappa shape index (κ2) is 7.13. The van der Waals surface area contributed by atoms with Crippen LogP contribution in [0.1, 0.15) is 12.5 Å². The third kappa shape index (κ3) is 3.10. The van der Waals surface area contributed by atoms with E-state index in [1.165, 1.54) is 0 Å². The van der Waals surface area contributed by atoms with Gasteiger partial charge in [-0.05, 0) is 35.4 Å². The highest BCUT2D eigenvalue weighted by Gasteiger charge is 2.50. The van der Waals surface area contributed by atoms with Crippen LogP contribution >= 0.6 is 11.7 Å². The van der Waals surface area contributed by atoms with Gasteiger partial charge in [-0.1, -0.05) is 48.5 Å². The van der Waals surface area contributed by atoms with Gasteiger partial charge in [0.05, 0.1) is 17.4 Å². The Bertz CT molecular complexity index is 1360. The first-order chi connectivity index (χ1) is 15.0. The Morgan fingerprint density at radius 3 is 2.71 bits per heavy atom. The lowest BCUT2D eigenvalue weighted by atomic mass is 9.88. The number of amides is 4. The molecule has 8 nitrogen and oxygen atoms in total. The minimum Gasteiger partial charge on any atom is -0.323 e. The zero-order chi connectivity index (χ0) is 21.6. The summed E-state index contributed by atoms with van der Waals surface area (Å²) in [6.45, 7) is 1.26. The predicted molar refractivity (Wildman–Crippen MR) is 118 cm³/mol. The molecule has 0 bridgehead atoms. The summed E-state index contributed by atoms with van der Waals surface area (Å²) < 4.78 is 8.32. The van der Waals surface area contributed by atoms with Crippen molar-refractivity contribution < 1.29 is 14.4 Å². The molecular weight excluding hydrogens is 414 g/mol. The first-order valence-electron chi connectivity index (χ1n) is 9.61. The van der Waals surface area contributed by atoms with E-state index in [2.05, 4.69) is 19.4 Å². The Balaban J connectivity index is 1.41. The highest BCUT2D eigenvalue weighted by atomic mass is 32.1. The fraction of sp³-hybridized carbons (Fsp3) is 0.136. The van der Waals surface area contributed by atoms with Crippen LogP contribution < -0.4 is 10.6 Å². The highest BCUT2D eigenvalue weighted by Crippen LogP contribution is 2.33. The summed E-state index contributed by atoms with van der Waals surface area (Å²) >= 11 is 1.05. The molecule has 4 aromatic rings. The standard InChI is InChI=1S/C22H17N5O3S/c1-22(15-9-4-7-13-6-2-3-8-14(13)15)20(29)27(21(30)24-22)12-18(28)23-16-10-5-11-17-19(16)26-31-25-17/h2-11H,12H2,1H3,(H,23,28)(H,24,30). The average molecular weight is 431 g/mol. The lowest BCUT2D eigenvalue weighted by molar-refractivity contribution is -0.133. The number of urea groups is 1. The van der Waals surface area contributed by atoms with Crippen molar-refractivity contribution in [2.24, 2.45) is 0 Å². The van der Waals surface area contributed by atoms with Gasteiger partial charge in [0, 0.05) is 0 Å². The van der Waals surface area contributed by atoms with Gasteiger partial charge < -0.3 is 10.6 Å². The van der Waals surface area contributed by atoms with Crippen LogP contribution in [0.15, 0.2) is 60.7 Å². The maximum atomic E-state index is 13.3. The van der Waals surface area contributed by atoms with Gasteiger partial charge in [0.25, 0.3) is 5.91 Å². The highest BCUT2D eigenvalue weighted by molar-refractivity contribution is 7.00. The van der Waals surface area contributed by atoms with Crippen LogP contribution in [0.3, 0.4) is 0 Å². The van der Waals surface area contributed by atoms with E-state index in [4.69, 9.17) is 0 Å². The summed E-state index contributed by atoms with van der Waals surface area (Å²) in [5.74, 6) is -0.969. The van der Waals surface area contributed by atoms with Gasteiger partial charge in [0.15, 0.2) is 0 Å². The molecule has 1 aliphatic heterocycles. The SMILES string of the molecule is CC1(c2cccc3ccccc23)NC(=O)N(CC(=O)Nc2cccc3nsnc23)C1=O. The fourth-order valence-electron chi connectivity index (χ4n) is 3.92. The molecule has 3 aromatic carbocycles.